The smallest absolute Gasteiger partial charge is 0.290 e. The molecule has 3 aromatic rings. The van der Waals surface area contributed by atoms with Crippen molar-refractivity contribution in [3.63, 3.8) is 0 Å². The molecule has 0 spiro atoms. The number of hydrogen-bond donors (Lipinski definition) is 1. The highest BCUT2D eigenvalue weighted by Crippen LogP contribution is 2.44. The molecule has 2 aliphatic rings. The molecule has 1 amide bonds. The van der Waals surface area contributed by atoms with Crippen LogP contribution in [0.3, 0.4) is 0 Å². The Hall–Kier alpha value is -3.98. The predicted octanol–water partition coefficient (Wildman–Crippen LogP) is 4.45. The quantitative estimate of drug-likeness (QED) is 0.504. The van der Waals surface area contributed by atoms with Gasteiger partial charge in [0, 0.05) is 6.54 Å². The van der Waals surface area contributed by atoms with E-state index >= 15 is 0 Å². The summed E-state index contributed by atoms with van der Waals surface area (Å²) in [7, 11) is -4.20. The molecule has 36 heavy (non-hydrogen) atoms. The topological polar surface area (TPSA) is 102 Å². The molecule has 1 atom stereocenters. The molecule has 0 unspecified atom stereocenters. The van der Waals surface area contributed by atoms with E-state index in [0.717, 1.165) is 5.56 Å². The number of aliphatic hydroxyl groups excluding tert-OH is 1. The van der Waals surface area contributed by atoms with Crippen LogP contribution >= 0.6 is 0 Å². The highest BCUT2D eigenvalue weighted by atomic mass is 32.2. The van der Waals surface area contributed by atoms with Crippen molar-refractivity contribution in [1.82, 2.24) is 4.90 Å². The van der Waals surface area contributed by atoms with Crippen LogP contribution in [0.25, 0.3) is 0 Å². The number of rotatable bonds is 7. The number of aliphatic hydroxyl groups is 1. The lowest BCUT2D eigenvalue weighted by atomic mass is 10.1. The van der Waals surface area contributed by atoms with Crippen molar-refractivity contribution in [3.05, 3.63) is 94.1 Å². The second kappa shape index (κ2) is 9.23. The third-order valence-corrected chi connectivity index (χ3v) is 8.06. The second-order valence-electron chi connectivity index (χ2n) is 8.55. The molecule has 186 valence electrons. The van der Waals surface area contributed by atoms with Crippen LogP contribution in [0.15, 0.2) is 82.3 Å². The fourth-order valence-corrected chi connectivity index (χ4v) is 6.04. The van der Waals surface area contributed by atoms with Gasteiger partial charge in [0.25, 0.3) is 5.91 Å². The molecule has 3 aromatic carbocycles. The SMILES string of the molecule is CCOc1ccc([C@@H]2C(S(=O)(=O)c3ccc(C)cc3)=C(O)C(=O)N2Cc2ccc3c(c2)OCO3)cc1. The summed E-state index contributed by atoms with van der Waals surface area (Å²) in [5.41, 5.74) is 2.12. The van der Waals surface area contributed by atoms with Gasteiger partial charge in [0.1, 0.15) is 10.7 Å². The van der Waals surface area contributed by atoms with E-state index < -0.39 is 27.5 Å². The number of sulfone groups is 1. The number of carbonyl (C=O) groups is 1. The number of amides is 1. The Morgan fingerprint density at radius 3 is 2.39 bits per heavy atom. The molecule has 0 radical (unpaired) electrons. The minimum absolute atomic E-state index is 0.00307. The number of carbonyl (C=O) groups excluding carboxylic acids is 1. The first-order valence-corrected chi connectivity index (χ1v) is 12.9. The summed E-state index contributed by atoms with van der Waals surface area (Å²) in [5, 5.41) is 10.9. The van der Waals surface area contributed by atoms with Crippen LogP contribution in [0, 0.1) is 6.92 Å². The monoisotopic (exact) mass is 507 g/mol. The third kappa shape index (κ3) is 4.15. The van der Waals surface area contributed by atoms with Gasteiger partial charge in [-0.1, -0.05) is 35.9 Å². The Kier molecular flexibility index (Phi) is 6.09. The molecule has 0 saturated heterocycles. The minimum atomic E-state index is -4.20. The maximum atomic E-state index is 13.7. The molecule has 2 heterocycles. The van der Waals surface area contributed by atoms with E-state index in [4.69, 9.17) is 14.2 Å². The van der Waals surface area contributed by atoms with Gasteiger partial charge in [-0.25, -0.2) is 8.42 Å². The van der Waals surface area contributed by atoms with Gasteiger partial charge in [-0.15, -0.1) is 0 Å². The molecule has 1 N–H and O–H groups in total. The number of hydrogen-bond acceptors (Lipinski definition) is 7. The van der Waals surface area contributed by atoms with Crippen LogP contribution in [0.4, 0.5) is 0 Å². The fourth-order valence-electron chi connectivity index (χ4n) is 4.39. The maximum absolute atomic E-state index is 13.7. The number of aryl methyl sites for hydroxylation is 1. The summed E-state index contributed by atoms with van der Waals surface area (Å²) < 4.78 is 43.8. The van der Waals surface area contributed by atoms with Crippen molar-refractivity contribution in [2.45, 2.75) is 31.3 Å². The number of fused-ring (bicyclic) bond motifs is 1. The number of nitrogens with zero attached hydrogens (tertiary/aromatic N) is 1. The number of benzene rings is 3. The average Bonchev–Trinajstić information content (AvgIpc) is 3.43. The lowest BCUT2D eigenvalue weighted by Crippen LogP contribution is -2.30. The van der Waals surface area contributed by atoms with Gasteiger partial charge in [-0.2, -0.15) is 0 Å². The van der Waals surface area contributed by atoms with Crippen molar-refractivity contribution in [3.8, 4) is 17.2 Å². The largest absolute Gasteiger partial charge is 0.502 e. The highest BCUT2D eigenvalue weighted by Gasteiger charge is 2.47. The zero-order valence-corrected chi connectivity index (χ0v) is 20.6. The van der Waals surface area contributed by atoms with Crippen molar-refractivity contribution < 1.29 is 32.5 Å². The van der Waals surface area contributed by atoms with Crippen molar-refractivity contribution in [1.29, 1.82) is 0 Å². The van der Waals surface area contributed by atoms with E-state index in [1.165, 1.54) is 17.0 Å². The molecule has 0 aliphatic carbocycles. The lowest BCUT2D eigenvalue weighted by molar-refractivity contribution is -0.130. The first-order valence-electron chi connectivity index (χ1n) is 11.5. The van der Waals surface area contributed by atoms with E-state index in [9.17, 15) is 18.3 Å². The molecule has 0 fully saturated rings. The van der Waals surface area contributed by atoms with Crippen LogP contribution in [0.5, 0.6) is 17.2 Å². The van der Waals surface area contributed by atoms with Gasteiger partial charge in [-0.3, -0.25) is 4.79 Å². The molecule has 0 aromatic heterocycles. The maximum Gasteiger partial charge on any atom is 0.290 e. The Morgan fingerprint density at radius 2 is 1.69 bits per heavy atom. The van der Waals surface area contributed by atoms with Crippen molar-refractivity contribution >= 4 is 15.7 Å². The first-order chi connectivity index (χ1) is 17.3. The third-order valence-electron chi connectivity index (χ3n) is 6.17. The van der Waals surface area contributed by atoms with E-state index in [1.54, 1.807) is 54.6 Å². The van der Waals surface area contributed by atoms with E-state index in [0.29, 0.717) is 35.0 Å². The van der Waals surface area contributed by atoms with Gasteiger partial charge >= 0.3 is 0 Å². The van der Waals surface area contributed by atoms with Gasteiger partial charge in [0.05, 0.1) is 17.5 Å². The fraction of sp³-hybridized carbons (Fsp3) is 0.222. The van der Waals surface area contributed by atoms with E-state index in [-0.39, 0.29) is 23.1 Å². The van der Waals surface area contributed by atoms with Gasteiger partial charge in [0.15, 0.2) is 17.3 Å². The van der Waals surface area contributed by atoms with E-state index in [1.807, 2.05) is 13.8 Å². The molecule has 9 heteroatoms. The molecule has 0 saturated carbocycles. The molecular formula is C27H25NO7S. The summed E-state index contributed by atoms with van der Waals surface area (Å²) >= 11 is 0. The second-order valence-corrected chi connectivity index (χ2v) is 10.5. The average molecular weight is 508 g/mol. The minimum Gasteiger partial charge on any atom is -0.502 e. The summed E-state index contributed by atoms with van der Waals surface area (Å²) in [6.45, 7) is 4.35. The molecular weight excluding hydrogens is 482 g/mol. The van der Waals surface area contributed by atoms with Crippen molar-refractivity contribution in [2.24, 2.45) is 0 Å². The molecule has 5 rings (SSSR count). The van der Waals surface area contributed by atoms with Crippen molar-refractivity contribution in [2.75, 3.05) is 13.4 Å². The van der Waals surface area contributed by atoms with Crippen LogP contribution < -0.4 is 14.2 Å². The Balaban J connectivity index is 1.59. The standard InChI is InChI=1S/C27H25NO7S/c1-3-33-20-9-7-19(8-10-20)24-26(36(31,32)21-11-4-17(2)5-12-21)25(29)27(30)28(24)15-18-6-13-22-23(14-18)35-16-34-22/h4-14,24,29H,3,15-16H2,1-2H3/t24-/m1/s1. The van der Waals surface area contributed by atoms with Gasteiger partial charge in [0.2, 0.25) is 16.6 Å². The Morgan fingerprint density at radius 1 is 1.00 bits per heavy atom. The molecule has 2 aliphatic heterocycles. The number of ether oxygens (including phenoxy) is 3. The van der Waals surface area contributed by atoms with Crippen LogP contribution in [0.1, 0.15) is 29.7 Å². The normalized spacial score (nSPS) is 17.1. The zero-order chi connectivity index (χ0) is 25.4. The zero-order valence-electron chi connectivity index (χ0n) is 19.8. The summed E-state index contributed by atoms with van der Waals surface area (Å²) in [5.74, 6) is 0.205. The van der Waals surface area contributed by atoms with Crippen LogP contribution in [0.2, 0.25) is 0 Å². The summed E-state index contributed by atoms with van der Waals surface area (Å²) in [6, 6.07) is 17.4. The summed E-state index contributed by atoms with van der Waals surface area (Å²) in [6.07, 6.45) is 0. The summed E-state index contributed by atoms with van der Waals surface area (Å²) in [4.78, 5) is 14.3. The van der Waals surface area contributed by atoms with Crippen LogP contribution in [-0.2, 0) is 21.2 Å². The first kappa shape index (κ1) is 23.7. The van der Waals surface area contributed by atoms with Gasteiger partial charge < -0.3 is 24.2 Å². The van der Waals surface area contributed by atoms with Crippen LogP contribution in [-0.4, -0.2) is 37.7 Å². The molecule has 8 nitrogen and oxygen atoms in total. The van der Waals surface area contributed by atoms with Gasteiger partial charge in [-0.05, 0) is 61.4 Å². The highest BCUT2D eigenvalue weighted by molar-refractivity contribution is 7.95. The Bertz CT molecular complexity index is 1440. The lowest BCUT2D eigenvalue weighted by Gasteiger charge is -2.27. The predicted molar refractivity (Wildman–Crippen MR) is 131 cm³/mol. The van der Waals surface area contributed by atoms with E-state index in [2.05, 4.69) is 0 Å². The molecule has 0 bridgehead atoms. The Labute approximate surface area is 209 Å².